The van der Waals surface area contributed by atoms with Gasteiger partial charge in [-0.15, -0.1) is 0 Å². The summed E-state index contributed by atoms with van der Waals surface area (Å²) in [6.07, 6.45) is 2.31. The Bertz CT molecular complexity index is 215. The van der Waals surface area contributed by atoms with Gasteiger partial charge in [0.2, 0.25) is 0 Å². The molecule has 0 aromatic heterocycles. The standard InChI is InChI=1S/C10H14.C3H9N/c1-3-9-7-5-6-8-10(9)4-2;1-4(2)3/h5-8H,3-4H2,1-2H3;1-3H3. The van der Waals surface area contributed by atoms with E-state index in [0.717, 1.165) is 12.8 Å². The number of nitrogens with zero attached hydrogens (tertiary/aromatic N) is 1. The molecule has 0 aliphatic rings. The molecule has 0 saturated carbocycles. The summed E-state index contributed by atoms with van der Waals surface area (Å²) < 4.78 is 0. The fraction of sp³-hybridized carbons (Fsp3) is 0.538. The van der Waals surface area contributed by atoms with E-state index in [1.54, 1.807) is 0 Å². The summed E-state index contributed by atoms with van der Waals surface area (Å²) in [7, 11) is 6.00. The zero-order valence-corrected chi connectivity index (χ0v) is 10.2. The van der Waals surface area contributed by atoms with Crippen LogP contribution in [0.3, 0.4) is 0 Å². The van der Waals surface area contributed by atoms with Crippen molar-refractivity contribution in [2.45, 2.75) is 26.7 Å². The molecule has 1 aromatic rings. The van der Waals surface area contributed by atoms with Crippen LogP contribution in [0, 0.1) is 0 Å². The third-order valence-corrected chi connectivity index (χ3v) is 1.88. The lowest BCUT2D eigenvalue weighted by Gasteiger charge is -2.02. The average Bonchev–Trinajstić information content (AvgIpc) is 2.17. The molecule has 0 fully saturated rings. The number of rotatable bonds is 2. The van der Waals surface area contributed by atoms with Crippen molar-refractivity contribution in [3.05, 3.63) is 35.4 Å². The van der Waals surface area contributed by atoms with Crippen molar-refractivity contribution in [2.24, 2.45) is 0 Å². The van der Waals surface area contributed by atoms with Crippen molar-refractivity contribution in [1.82, 2.24) is 4.90 Å². The molecular formula is C13H23N. The molecule has 0 amide bonds. The first kappa shape index (κ1) is 13.2. The molecule has 0 heterocycles. The third kappa shape index (κ3) is 5.76. The highest BCUT2D eigenvalue weighted by atomic mass is 15.0. The van der Waals surface area contributed by atoms with Gasteiger partial charge in [0.25, 0.3) is 0 Å². The topological polar surface area (TPSA) is 3.24 Å². The Labute approximate surface area is 88.8 Å². The van der Waals surface area contributed by atoms with Gasteiger partial charge in [-0.25, -0.2) is 0 Å². The van der Waals surface area contributed by atoms with Gasteiger partial charge in [0, 0.05) is 0 Å². The first-order valence-electron chi connectivity index (χ1n) is 5.29. The molecule has 1 rings (SSSR count). The van der Waals surface area contributed by atoms with Crippen LogP contribution in [0.15, 0.2) is 24.3 Å². The highest BCUT2D eigenvalue weighted by Crippen LogP contribution is 2.08. The van der Waals surface area contributed by atoms with Gasteiger partial charge >= 0.3 is 0 Å². The van der Waals surface area contributed by atoms with Gasteiger partial charge < -0.3 is 4.90 Å². The Morgan fingerprint density at radius 2 is 1.14 bits per heavy atom. The van der Waals surface area contributed by atoms with Crippen LogP contribution >= 0.6 is 0 Å². The minimum absolute atomic E-state index is 1.16. The van der Waals surface area contributed by atoms with E-state index < -0.39 is 0 Å². The molecule has 0 aliphatic carbocycles. The number of aryl methyl sites for hydroxylation is 2. The summed E-state index contributed by atoms with van der Waals surface area (Å²) in [5.74, 6) is 0. The monoisotopic (exact) mass is 193 g/mol. The van der Waals surface area contributed by atoms with Crippen molar-refractivity contribution < 1.29 is 0 Å². The summed E-state index contributed by atoms with van der Waals surface area (Å²) in [6, 6.07) is 8.63. The second-order valence-corrected chi connectivity index (χ2v) is 3.82. The second-order valence-electron chi connectivity index (χ2n) is 3.82. The molecule has 0 atom stereocenters. The van der Waals surface area contributed by atoms with Crippen LogP contribution in [0.1, 0.15) is 25.0 Å². The van der Waals surface area contributed by atoms with Crippen LogP contribution in [0.25, 0.3) is 0 Å². The number of benzene rings is 1. The van der Waals surface area contributed by atoms with E-state index in [-0.39, 0.29) is 0 Å². The van der Waals surface area contributed by atoms with Gasteiger partial charge in [-0.05, 0) is 45.1 Å². The summed E-state index contributed by atoms with van der Waals surface area (Å²) >= 11 is 0. The van der Waals surface area contributed by atoms with Crippen LogP contribution in [0.5, 0.6) is 0 Å². The van der Waals surface area contributed by atoms with Gasteiger partial charge in [0.15, 0.2) is 0 Å². The number of hydrogen-bond acceptors (Lipinski definition) is 1. The van der Waals surface area contributed by atoms with Crippen molar-refractivity contribution in [3.63, 3.8) is 0 Å². The molecule has 14 heavy (non-hydrogen) atoms. The fourth-order valence-corrected chi connectivity index (χ4v) is 1.25. The Balaban J connectivity index is 0.000000364. The Kier molecular flexibility index (Phi) is 7.13. The molecule has 0 saturated heterocycles. The van der Waals surface area contributed by atoms with E-state index in [9.17, 15) is 0 Å². The molecule has 0 spiro atoms. The zero-order chi connectivity index (χ0) is 11.0. The third-order valence-electron chi connectivity index (χ3n) is 1.88. The quantitative estimate of drug-likeness (QED) is 0.698. The van der Waals surface area contributed by atoms with Gasteiger partial charge in [-0.3, -0.25) is 0 Å². The van der Waals surface area contributed by atoms with Gasteiger partial charge in [0.1, 0.15) is 0 Å². The van der Waals surface area contributed by atoms with Crippen molar-refractivity contribution >= 4 is 0 Å². The lowest BCUT2D eigenvalue weighted by molar-refractivity contribution is 0.505. The van der Waals surface area contributed by atoms with Gasteiger partial charge in [0.05, 0.1) is 0 Å². The van der Waals surface area contributed by atoms with Crippen LogP contribution in [-0.4, -0.2) is 26.0 Å². The maximum absolute atomic E-state index is 2.21. The van der Waals surface area contributed by atoms with E-state index in [0.29, 0.717) is 0 Å². The Morgan fingerprint density at radius 1 is 0.857 bits per heavy atom. The van der Waals surface area contributed by atoms with Crippen molar-refractivity contribution in [2.75, 3.05) is 21.1 Å². The van der Waals surface area contributed by atoms with Crippen LogP contribution < -0.4 is 0 Å². The predicted molar refractivity (Wildman–Crippen MR) is 64.8 cm³/mol. The first-order chi connectivity index (χ1) is 6.61. The molecule has 80 valence electrons. The normalized spacial score (nSPS) is 9.57. The minimum atomic E-state index is 1.16. The van der Waals surface area contributed by atoms with E-state index in [4.69, 9.17) is 0 Å². The summed E-state index contributed by atoms with van der Waals surface area (Å²) in [6.45, 7) is 4.41. The van der Waals surface area contributed by atoms with Crippen LogP contribution in [-0.2, 0) is 12.8 Å². The van der Waals surface area contributed by atoms with E-state index in [2.05, 4.69) is 38.1 Å². The predicted octanol–water partition coefficient (Wildman–Crippen LogP) is 2.99. The summed E-state index contributed by atoms with van der Waals surface area (Å²) in [5.41, 5.74) is 2.98. The molecular weight excluding hydrogens is 170 g/mol. The number of hydrogen-bond donors (Lipinski definition) is 0. The maximum Gasteiger partial charge on any atom is -0.0140 e. The summed E-state index contributed by atoms with van der Waals surface area (Å²) in [5, 5.41) is 0. The molecule has 0 aliphatic heterocycles. The van der Waals surface area contributed by atoms with Crippen molar-refractivity contribution in [3.8, 4) is 0 Å². The Morgan fingerprint density at radius 3 is 1.36 bits per heavy atom. The van der Waals surface area contributed by atoms with Gasteiger partial charge in [-0.2, -0.15) is 0 Å². The molecule has 0 N–H and O–H groups in total. The lowest BCUT2D eigenvalue weighted by Crippen LogP contribution is -1.99. The molecule has 0 radical (unpaired) electrons. The maximum atomic E-state index is 2.21. The molecule has 1 aromatic carbocycles. The average molecular weight is 193 g/mol. The van der Waals surface area contributed by atoms with E-state index in [1.807, 2.05) is 26.0 Å². The Hall–Kier alpha value is -0.820. The smallest absolute Gasteiger partial charge is 0.0140 e. The largest absolute Gasteiger partial charge is 0.312 e. The van der Waals surface area contributed by atoms with E-state index >= 15 is 0 Å². The second kappa shape index (κ2) is 7.57. The van der Waals surface area contributed by atoms with Crippen LogP contribution in [0.2, 0.25) is 0 Å². The van der Waals surface area contributed by atoms with Gasteiger partial charge in [-0.1, -0.05) is 38.1 Å². The SMILES string of the molecule is CCc1ccccc1CC.CN(C)C. The summed E-state index contributed by atoms with van der Waals surface area (Å²) in [4.78, 5) is 2.00. The van der Waals surface area contributed by atoms with Crippen molar-refractivity contribution in [1.29, 1.82) is 0 Å². The highest BCUT2D eigenvalue weighted by Gasteiger charge is 1.93. The van der Waals surface area contributed by atoms with E-state index in [1.165, 1.54) is 11.1 Å². The molecule has 1 heteroatoms. The highest BCUT2D eigenvalue weighted by molar-refractivity contribution is 5.26. The van der Waals surface area contributed by atoms with Crippen LogP contribution in [0.4, 0.5) is 0 Å². The fourth-order valence-electron chi connectivity index (χ4n) is 1.25. The zero-order valence-electron chi connectivity index (χ0n) is 10.2. The minimum Gasteiger partial charge on any atom is -0.312 e. The molecule has 0 unspecified atom stereocenters. The lowest BCUT2D eigenvalue weighted by atomic mass is 10.0. The molecule has 0 bridgehead atoms. The first-order valence-corrected chi connectivity index (χ1v) is 5.29. The molecule has 1 nitrogen and oxygen atoms in total.